The molecule has 17 heavy (non-hydrogen) atoms. The molecule has 0 bridgehead atoms. The number of para-hydroxylation sites is 2. The fourth-order valence-electron chi connectivity index (χ4n) is 2.14. The van der Waals surface area contributed by atoms with Gasteiger partial charge in [-0.15, -0.1) is 5.10 Å². The Morgan fingerprint density at radius 1 is 1.35 bits per heavy atom. The zero-order valence-electron chi connectivity index (χ0n) is 9.24. The second-order valence-corrected chi connectivity index (χ2v) is 4.13. The highest BCUT2D eigenvalue weighted by molar-refractivity contribution is 5.45. The summed E-state index contributed by atoms with van der Waals surface area (Å²) in [6.45, 7) is 1.87. The molecule has 0 radical (unpaired) electrons. The van der Waals surface area contributed by atoms with Crippen LogP contribution in [0.4, 0.5) is 0 Å². The maximum atomic E-state index is 9.82. The Morgan fingerprint density at radius 2 is 2.24 bits per heavy atom. The lowest BCUT2D eigenvalue weighted by atomic mass is 10.1. The van der Waals surface area contributed by atoms with E-state index in [9.17, 15) is 5.11 Å². The third kappa shape index (κ3) is 1.76. The van der Waals surface area contributed by atoms with Gasteiger partial charge in [-0.25, -0.2) is 0 Å². The lowest BCUT2D eigenvalue weighted by Gasteiger charge is -2.09. The van der Waals surface area contributed by atoms with Gasteiger partial charge in [0.25, 0.3) is 0 Å². The molecule has 2 aromatic rings. The minimum absolute atomic E-state index is 0.187. The number of tetrazole rings is 1. The summed E-state index contributed by atoms with van der Waals surface area (Å²) in [6, 6.07) is 7.07. The lowest BCUT2D eigenvalue weighted by molar-refractivity contribution is 0.468. The molecule has 1 saturated heterocycles. The zero-order chi connectivity index (χ0) is 11.7. The molecule has 1 atom stereocenters. The van der Waals surface area contributed by atoms with Gasteiger partial charge in [0.1, 0.15) is 11.4 Å². The molecule has 0 amide bonds. The van der Waals surface area contributed by atoms with Gasteiger partial charge in [0, 0.05) is 12.5 Å². The van der Waals surface area contributed by atoms with Crippen molar-refractivity contribution in [2.24, 2.45) is 0 Å². The number of nitrogens with one attached hydrogen (secondary N) is 1. The number of hydrogen-bond donors (Lipinski definition) is 2. The second-order valence-electron chi connectivity index (χ2n) is 4.13. The number of aromatic nitrogens is 4. The molecule has 1 aromatic carbocycles. The average Bonchev–Trinajstić information content (AvgIpc) is 3.00. The van der Waals surface area contributed by atoms with E-state index >= 15 is 0 Å². The van der Waals surface area contributed by atoms with Gasteiger partial charge in [-0.3, -0.25) is 0 Å². The highest BCUT2D eigenvalue weighted by atomic mass is 16.3. The summed E-state index contributed by atoms with van der Waals surface area (Å²) in [4.78, 5) is 0. The van der Waals surface area contributed by atoms with E-state index < -0.39 is 0 Å². The maximum absolute atomic E-state index is 9.82. The molecule has 3 rings (SSSR count). The quantitative estimate of drug-likeness (QED) is 0.784. The van der Waals surface area contributed by atoms with E-state index in [-0.39, 0.29) is 5.75 Å². The third-order valence-corrected chi connectivity index (χ3v) is 3.03. The van der Waals surface area contributed by atoms with Gasteiger partial charge in [-0.05, 0) is 35.5 Å². The number of aromatic hydroxyl groups is 1. The van der Waals surface area contributed by atoms with Crippen LogP contribution in [0, 0.1) is 0 Å². The Bertz CT molecular complexity index is 518. The van der Waals surface area contributed by atoms with Crippen molar-refractivity contribution in [3.05, 3.63) is 30.1 Å². The molecular weight excluding hydrogens is 218 g/mol. The highest BCUT2D eigenvalue weighted by Gasteiger charge is 2.24. The van der Waals surface area contributed by atoms with Gasteiger partial charge in [0.05, 0.1) is 0 Å². The normalized spacial score (nSPS) is 19.6. The van der Waals surface area contributed by atoms with E-state index in [0.29, 0.717) is 11.6 Å². The van der Waals surface area contributed by atoms with Crippen LogP contribution in [-0.4, -0.2) is 38.4 Å². The number of phenolic OH excluding ortho intramolecular Hbond substituents is 1. The summed E-state index contributed by atoms with van der Waals surface area (Å²) < 4.78 is 1.62. The Labute approximate surface area is 98.3 Å². The van der Waals surface area contributed by atoms with Gasteiger partial charge >= 0.3 is 0 Å². The molecule has 0 saturated carbocycles. The molecule has 6 heteroatoms. The van der Waals surface area contributed by atoms with Gasteiger partial charge in [-0.2, -0.15) is 4.68 Å². The molecule has 1 aromatic heterocycles. The fourth-order valence-corrected chi connectivity index (χ4v) is 2.14. The Kier molecular flexibility index (Phi) is 2.49. The first-order chi connectivity index (χ1) is 8.36. The van der Waals surface area contributed by atoms with Crippen LogP contribution in [0.3, 0.4) is 0 Å². The van der Waals surface area contributed by atoms with Crippen LogP contribution in [0.1, 0.15) is 18.2 Å². The van der Waals surface area contributed by atoms with Crippen LogP contribution in [0.5, 0.6) is 5.75 Å². The number of benzene rings is 1. The van der Waals surface area contributed by atoms with Crippen LogP contribution in [0.2, 0.25) is 0 Å². The first-order valence-corrected chi connectivity index (χ1v) is 5.63. The topological polar surface area (TPSA) is 75.9 Å². The Morgan fingerprint density at radius 3 is 3.00 bits per heavy atom. The second kappa shape index (κ2) is 4.14. The molecule has 0 aliphatic carbocycles. The summed E-state index contributed by atoms with van der Waals surface area (Å²) in [6.07, 6.45) is 1.02. The maximum Gasteiger partial charge on any atom is 0.161 e. The van der Waals surface area contributed by atoms with E-state index in [0.717, 1.165) is 25.3 Å². The smallest absolute Gasteiger partial charge is 0.161 e. The summed E-state index contributed by atoms with van der Waals surface area (Å²) in [5.74, 6) is 1.30. The molecule has 1 aliphatic heterocycles. The van der Waals surface area contributed by atoms with Crippen molar-refractivity contribution in [1.29, 1.82) is 0 Å². The fraction of sp³-hybridized carbons (Fsp3) is 0.364. The molecular formula is C11H13N5O. The molecule has 1 unspecified atom stereocenters. The lowest BCUT2D eigenvalue weighted by Crippen LogP contribution is -2.12. The minimum atomic E-state index is 0.187. The van der Waals surface area contributed by atoms with Crippen molar-refractivity contribution >= 4 is 0 Å². The van der Waals surface area contributed by atoms with Gasteiger partial charge in [-0.1, -0.05) is 12.1 Å². The summed E-state index contributed by atoms with van der Waals surface area (Å²) in [5.41, 5.74) is 0.624. The monoisotopic (exact) mass is 231 g/mol. The van der Waals surface area contributed by atoms with Crippen molar-refractivity contribution in [2.45, 2.75) is 12.3 Å². The van der Waals surface area contributed by atoms with E-state index in [1.165, 1.54) is 0 Å². The molecule has 6 nitrogen and oxygen atoms in total. The highest BCUT2D eigenvalue weighted by Crippen LogP contribution is 2.25. The number of rotatable bonds is 2. The summed E-state index contributed by atoms with van der Waals surface area (Å²) >= 11 is 0. The van der Waals surface area contributed by atoms with Crippen molar-refractivity contribution in [3.8, 4) is 11.4 Å². The Hall–Kier alpha value is -1.95. The van der Waals surface area contributed by atoms with Crippen LogP contribution in [-0.2, 0) is 0 Å². The van der Waals surface area contributed by atoms with Crippen LogP contribution in [0.15, 0.2) is 24.3 Å². The van der Waals surface area contributed by atoms with Gasteiger partial charge < -0.3 is 10.4 Å². The van der Waals surface area contributed by atoms with Crippen LogP contribution >= 0.6 is 0 Å². The van der Waals surface area contributed by atoms with Gasteiger partial charge in [0.15, 0.2) is 5.82 Å². The largest absolute Gasteiger partial charge is 0.506 e. The first kappa shape index (κ1) is 10.2. The number of nitrogens with zero attached hydrogens (tertiary/aromatic N) is 4. The third-order valence-electron chi connectivity index (χ3n) is 3.03. The van der Waals surface area contributed by atoms with E-state index in [4.69, 9.17) is 0 Å². The average molecular weight is 231 g/mol. The van der Waals surface area contributed by atoms with Crippen molar-refractivity contribution in [1.82, 2.24) is 25.5 Å². The Balaban J connectivity index is 2.04. The molecule has 1 aliphatic rings. The first-order valence-electron chi connectivity index (χ1n) is 5.63. The predicted octanol–water partition coefficient (Wildman–Crippen LogP) is 0.445. The SMILES string of the molecule is Oc1ccccc1-n1nnnc1C1CCNC1. The van der Waals surface area contributed by atoms with Gasteiger partial charge in [0.2, 0.25) is 0 Å². The summed E-state index contributed by atoms with van der Waals surface area (Å²) in [7, 11) is 0. The minimum Gasteiger partial charge on any atom is -0.506 e. The molecule has 2 N–H and O–H groups in total. The molecule has 88 valence electrons. The molecule has 2 heterocycles. The number of hydrogen-bond acceptors (Lipinski definition) is 5. The van der Waals surface area contributed by atoms with Crippen molar-refractivity contribution in [2.75, 3.05) is 13.1 Å². The van der Waals surface area contributed by atoms with Crippen LogP contribution < -0.4 is 5.32 Å². The predicted molar refractivity (Wildman–Crippen MR) is 61.0 cm³/mol. The van der Waals surface area contributed by atoms with Crippen LogP contribution in [0.25, 0.3) is 5.69 Å². The molecule has 0 spiro atoms. The summed E-state index contributed by atoms with van der Waals surface area (Å²) in [5, 5.41) is 24.8. The zero-order valence-corrected chi connectivity index (χ0v) is 9.24. The van der Waals surface area contributed by atoms with E-state index in [1.54, 1.807) is 22.9 Å². The number of phenols is 1. The molecule has 1 fully saturated rings. The van der Waals surface area contributed by atoms with E-state index in [1.807, 2.05) is 6.07 Å². The van der Waals surface area contributed by atoms with Crippen molar-refractivity contribution in [3.63, 3.8) is 0 Å². The van der Waals surface area contributed by atoms with Crippen molar-refractivity contribution < 1.29 is 5.11 Å². The van der Waals surface area contributed by atoms with E-state index in [2.05, 4.69) is 20.8 Å². The standard InChI is InChI=1S/C11H13N5O/c17-10-4-2-1-3-9(10)16-11(13-14-15-16)8-5-6-12-7-8/h1-4,8,12,17H,5-7H2.